The number of nitrogens with zero attached hydrogens (tertiary/aromatic N) is 3. The van der Waals surface area contributed by atoms with E-state index in [1.54, 1.807) is 18.2 Å². The molecule has 124 valence electrons. The molecule has 0 amide bonds. The predicted molar refractivity (Wildman–Crippen MR) is 90.6 cm³/mol. The molecule has 3 heterocycles. The van der Waals surface area contributed by atoms with Crippen LogP contribution in [0.2, 0.25) is 0 Å². The summed E-state index contributed by atoms with van der Waals surface area (Å²) in [6.07, 6.45) is 2.52. The minimum atomic E-state index is -0.312. The zero-order valence-corrected chi connectivity index (χ0v) is 14.1. The molecule has 4 nitrogen and oxygen atoms in total. The quantitative estimate of drug-likeness (QED) is 0.803. The number of hydrogen-bond acceptors (Lipinski definition) is 5. The van der Waals surface area contributed by atoms with Crippen LogP contribution < -0.4 is 4.74 Å². The Bertz CT molecular complexity index is 782. The maximum Gasteiger partial charge on any atom is 0.250 e. The molecule has 4 rings (SSSR count). The molecule has 1 unspecified atom stereocenters. The molecule has 6 heteroatoms. The fourth-order valence-electron chi connectivity index (χ4n) is 3.63. The summed E-state index contributed by atoms with van der Waals surface area (Å²) in [6.45, 7) is 3.59. The first kappa shape index (κ1) is 15.6. The standard InChI is InChI=1S/C18H18FN3OS/c19-16-8-2-1-5-13(16)7-4-10-23-18-17(20-24-21-18)15-12-22-9-3-6-14(15)11-22/h1-2,5,8,14-15H,3,6,9-12H2/t14-,15+/m1/s1. The Morgan fingerprint density at radius 2 is 2.21 bits per heavy atom. The fraction of sp³-hybridized carbons (Fsp3) is 0.444. The van der Waals surface area contributed by atoms with Gasteiger partial charge < -0.3 is 9.64 Å². The first-order valence-corrected chi connectivity index (χ1v) is 8.95. The lowest BCUT2D eigenvalue weighted by Crippen LogP contribution is -2.25. The third kappa shape index (κ3) is 3.14. The Labute approximate surface area is 145 Å². The zero-order chi connectivity index (χ0) is 16.4. The van der Waals surface area contributed by atoms with Gasteiger partial charge in [0.15, 0.2) is 6.61 Å². The van der Waals surface area contributed by atoms with Gasteiger partial charge in [0.1, 0.15) is 11.5 Å². The van der Waals surface area contributed by atoms with Gasteiger partial charge in [-0.15, -0.1) is 4.37 Å². The van der Waals surface area contributed by atoms with Gasteiger partial charge in [0.05, 0.1) is 17.3 Å². The highest BCUT2D eigenvalue weighted by Gasteiger charge is 2.39. The van der Waals surface area contributed by atoms with E-state index in [1.807, 2.05) is 0 Å². The lowest BCUT2D eigenvalue weighted by Gasteiger charge is -2.21. The molecule has 2 bridgehead atoms. The molecule has 2 fully saturated rings. The van der Waals surface area contributed by atoms with Gasteiger partial charge in [-0.2, -0.15) is 4.37 Å². The van der Waals surface area contributed by atoms with Crippen LogP contribution >= 0.6 is 11.7 Å². The van der Waals surface area contributed by atoms with Gasteiger partial charge in [0, 0.05) is 19.0 Å². The van der Waals surface area contributed by atoms with Crippen molar-refractivity contribution in [2.45, 2.75) is 18.8 Å². The summed E-state index contributed by atoms with van der Waals surface area (Å²) in [6, 6.07) is 6.48. The summed E-state index contributed by atoms with van der Waals surface area (Å²) in [5, 5.41) is 0. The van der Waals surface area contributed by atoms with E-state index in [-0.39, 0.29) is 12.4 Å². The molecule has 2 aromatic rings. The number of aromatic nitrogens is 2. The first-order chi connectivity index (χ1) is 11.8. The number of ether oxygens (including phenoxy) is 1. The summed E-state index contributed by atoms with van der Waals surface area (Å²) < 4.78 is 28.0. The summed E-state index contributed by atoms with van der Waals surface area (Å²) in [5.41, 5.74) is 1.36. The van der Waals surface area contributed by atoms with Crippen LogP contribution in [-0.2, 0) is 0 Å². The molecule has 2 saturated heterocycles. The number of rotatable bonds is 3. The van der Waals surface area contributed by atoms with Crippen LogP contribution in [0.5, 0.6) is 5.88 Å². The second-order valence-corrected chi connectivity index (χ2v) is 6.82. The van der Waals surface area contributed by atoms with Gasteiger partial charge in [-0.3, -0.25) is 0 Å². The van der Waals surface area contributed by atoms with Crippen molar-refractivity contribution in [3.63, 3.8) is 0 Å². The number of piperidine rings is 1. The number of hydrogen-bond donors (Lipinski definition) is 0. The molecule has 1 aromatic heterocycles. The minimum Gasteiger partial charge on any atom is -0.463 e. The van der Waals surface area contributed by atoms with Crippen molar-refractivity contribution in [3.8, 4) is 17.7 Å². The smallest absolute Gasteiger partial charge is 0.250 e. The van der Waals surface area contributed by atoms with Gasteiger partial charge in [0.25, 0.3) is 0 Å². The molecule has 2 aliphatic rings. The van der Waals surface area contributed by atoms with Crippen LogP contribution in [0.15, 0.2) is 24.3 Å². The van der Waals surface area contributed by atoms with E-state index < -0.39 is 0 Å². The zero-order valence-electron chi connectivity index (χ0n) is 13.2. The molecule has 0 radical (unpaired) electrons. The summed E-state index contributed by atoms with van der Waals surface area (Å²) in [5.74, 6) is 7.02. The van der Waals surface area contributed by atoms with E-state index in [1.165, 1.54) is 37.2 Å². The van der Waals surface area contributed by atoms with Gasteiger partial charge in [-0.25, -0.2) is 4.39 Å². The average molecular weight is 343 g/mol. The second kappa shape index (κ2) is 6.88. The number of benzene rings is 1. The van der Waals surface area contributed by atoms with Crippen molar-refractivity contribution in [2.24, 2.45) is 5.92 Å². The minimum absolute atomic E-state index is 0.188. The highest BCUT2D eigenvalue weighted by atomic mass is 32.1. The van der Waals surface area contributed by atoms with Gasteiger partial charge in [0.2, 0.25) is 5.88 Å². The van der Waals surface area contributed by atoms with Crippen LogP contribution in [0.4, 0.5) is 4.39 Å². The maximum atomic E-state index is 13.5. The molecule has 0 N–H and O–H groups in total. The Morgan fingerprint density at radius 3 is 3.08 bits per heavy atom. The van der Waals surface area contributed by atoms with Crippen molar-refractivity contribution in [2.75, 3.05) is 26.2 Å². The third-order valence-corrected chi connectivity index (χ3v) is 5.30. The number of fused-ring (bicyclic) bond motifs is 2. The van der Waals surface area contributed by atoms with Gasteiger partial charge >= 0.3 is 0 Å². The molecular weight excluding hydrogens is 325 g/mol. The van der Waals surface area contributed by atoms with Crippen molar-refractivity contribution in [1.29, 1.82) is 0 Å². The monoisotopic (exact) mass is 343 g/mol. The Kier molecular flexibility index (Phi) is 4.46. The summed E-state index contributed by atoms with van der Waals surface area (Å²) in [4.78, 5) is 2.50. The molecule has 0 spiro atoms. The van der Waals surface area contributed by atoms with Crippen LogP contribution in [0.3, 0.4) is 0 Å². The van der Waals surface area contributed by atoms with Crippen LogP contribution in [0, 0.1) is 23.6 Å². The molecule has 24 heavy (non-hydrogen) atoms. The lowest BCUT2D eigenvalue weighted by molar-refractivity contribution is 0.269. The number of halogens is 1. The van der Waals surface area contributed by atoms with E-state index in [0.717, 1.165) is 18.8 Å². The molecule has 0 aliphatic carbocycles. The van der Waals surface area contributed by atoms with Crippen LogP contribution in [-0.4, -0.2) is 39.9 Å². The first-order valence-electron chi connectivity index (χ1n) is 8.22. The van der Waals surface area contributed by atoms with E-state index in [2.05, 4.69) is 25.5 Å². The SMILES string of the molecule is Fc1ccccc1C#CCOc1nsnc1[C@H]1CN2CCC[C@@H]1C2. The van der Waals surface area contributed by atoms with E-state index in [9.17, 15) is 4.39 Å². The Balaban J connectivity index is 1.42. The normalized spacial score (nSPS) is 25.1. The van der Waals surface area contributed by atoms with E-state index in [0.29, 0.717) is 23.3 Å². The van der Waals surface area contributed by atoms with Crippen molar-refractivity contribution >= 4 is 11.7 Å². The van der Waals surface area contributed by atoms with Crippen molar-refractivity contribution < 1.29 is 9.13 Å². The topological polar surface area (TPSA) is 38.3 Å². The highest BCUT2D eigenvalue weighted by Crippen LogP contribution is 2.40. The molecular formula is C18H18FN3OS. The van der Waals surface area contributed by atoms with Crippen LogP contribution in [0.1, 0.15) is 30.0 Å². The van der Waals surface area contributed by atoms with Gasteiger partial charge in [-0.05, 0) is 37.4 Å². The predicted octanol–water partition coefficient (Wildman–Crippen LogP) is 2.92. The summed E-state index contributed by atoms with van der Waals surface area (Å²) >= 11 is 1.19. The molecule has 0 saturated carbocycles. The molecule has 2 aliphatic heterocycles. The van der Waals surface area contributed by atoms with Crippen molar-refractivity contribution in [1.82, 2.24) is 13.6 Å². The molecule has 1 aromatic carbocycles. The summed E-state index contributed by atoms with van der Waals surface area (Å²) in [7, 11) is 0. The third-order valence-electron chi connectivity index (χ3n) is 4.78. The average Bonchev–Trinajstić information content (AvgIpc) is 3.17. The fourth-order valence-corrected chi connectivity index (χ4v) is 4.20. The lowest BCUT2D eigenvalue weighted by atomic mass is 9.89. The highest BCUT2D eigenvalue weighted by molar-refractivity contribution is 6.99. The van der Waals surface area contributed by atoms with E-state index >= 15 is 0 Å². The Hall–Kier alpha value is -1.97. The molecule has 3 atom stereocenters. The van der Waals surface area contributed by atoms with E-state index in [4.69, 9.17) is 4.74 Å². The largest absolute Gasteiger partial charge is 0.463 e. The maximum absolute atomic E-state index is 13.5. The van der Waals surface area contributed by atoms with Crippen LogP contribution in [0.25, 0.3) is 0 Å². The Morgan fingerprint density at radius 1 is 1.29 bits per heavy atom. The second-order valence-electron chi connectivity index (χ2n) is 6.29. The van der Waals surface area contributed by atoms with Gasteiger partial charge in [-0.1, -0.05) is 24.0 Å². The van der Waals surface area contributed by atoms with Crippen molar-refractivity contribution in [3.05, 3.63) is 41.3 Å².